The highest BCUT2D eigenvalue weighted by molar-refractivity contribution is 5.80. The molecule has 6 heteroatoms. The summed E-state index contributed by atoms with van der Waals surface area (Å²) in [6.45, 7) is 6.86. The molecule has 3 rings (SSSR count). The van der Waals surface area contributed by atoms with E-state index in [9.17, 15) is 0 Å². The van der Waals surface area contributed by atoms with Gasteiger partial charge >= 0.3 is 0 Å². The first-order chi connectivity index (χ1) is 12.7. The standard InChI is InChI=1S/C20H40N6/c1-21-20(22-14-19-16-24(2)12-13-25(19)3)23-17-8-7-11-26(15-17)18-9-5-4-6-10-18/h17-19H,4-16H2,1-3H3,(H2,21,22,23). The van der Waals surface area contributed by atoms with Gasteiger partial charge in [-0.1, -0.05) is 19.3 Å². The second kappa shape index (κ2) is 9.90. The van der Waals surface area contributed by atoms with Crippen molar-refractivity contribution in [3.63, 3.8) is 0 Å². The molecule has 0 spiro atoms. The summed E-state index contributed by atoms with van der Waals surface area (Å²) in [6.07, 6.45) is 9.66. The molecule has 6 nitrogen and oxygen atoms in total. The summed E-state index contributed by atoms with van der Waals surface area (Å²) in [5, 5.41) is 7.29. The summed E-state index contributed by atoms with van der Waals surface area (Å²) >= 11 is 0. The number of nitrogens with one attached hydrogen (secondary N) is 2. The molecule has 2 unspecified atom stereocenters. The molecular formula is C20H40N6. The molecule has 2 saturated heterocycles. The maximum Gasteiger partial charge on any atom is 0.191 e. The van der Waals surface area contributed by atoms with Crippen LogP contribution in [0.5, 0.6) is 0 Å². The van der Waals surface area contributed by atoms with E-state index in [0.29, 0.717) is 12.1 Å². The van der Waals surface area contributed by atoms with E-state index in [1.807, 2.05) is 7.05 Å². The van der Waals surface area contributed by atoms with Gasteiger partial charge in [-0.25, -0.2) is 0 Å². The van der Waals surface area contributed by atoms with Gasteiger partial charge < -0.3 is 15.5 Å². The average Bonchev–Trinajstić information content (AvgIpc) is 2.68. The summed E-state index contributed by atoms with van der Waals surface area (Å²) in [6, 6.07) is 1.91. The molecule has 0 aromatic rings. The maximum absolute atomic E-state index is 4.49. The van der Waals surface area contributed by atoms with Crippen LogP contribution in [0.3, 0.4) is 0 Å². The number of guanidine groups is 1. The average molecular weight is 365 g/mol. The molecule has 0 radical (unpaired) electrons. The van der Waals surface area contributed by atoms with Gasteiger partial charge in [0.05, 0.1) is 0 Å². The largest absolute Gasteiger partial charge is 0.355 e. The zero-order chi connectivity index (χ0) is 18.4. The summed E-state index contributed by atoms with van der Waals surface area (Å²) in [4.78, 5) is 12.1. The Morgan fingerprint density at radius 1 is 0.962 bits per heavy atom. The Bertz CT molecular complexity index is 448. The zero-order valence-electron chi connectivity index (χ0n) is 17.2. The van der Waals surface area contributed by atoms with Crippen molar-refractivity contribution in [1.82, 2.24) is 25.3 Å². The normalized spacial score (nSPS) is 31.1. The van der Waals surface area contributed by atoms with E-state index in [4.69, 9.17) is 0 Å². The highest BCUT2D eigenvalue weighted by Crippen LogP contribution is 2.25. The van der Waals surface area contributed by atoms with E-state index in [1.165, 1.54) is 64.6 Å². The molecule has 2 N–H and O–H groups in total. The molecular weight excluding hydrogens is 324 g/mol. The van der Waals surface area contributed by atoms with Crippen LogP contribution in [-0.2, 0) is 0 Å². The van der Waals surface area contributed by atoms with E-state index in [1.54, 1.807) is 0 Å². The molecule has 0 aromatic carbocycles. The Hall–Kier alpha value is -0.850. The molecule has 3 fully saturated rings. The van der Waals surface area contributed by atoms with Crippen LogP contribution in [0, 0.1) is 0 Å². The number of aliphatic imine (C=N–C) groups is 1. The van der Waals surface area contributed by atoms with Gasteiger partial charge in [-0.15, -0.1) is 0 Å². The molecule has 26 heavy (non-hydrogen) atoms. The van der Waals surface area contributed by atoms with E-state index < -0.39 is 0 Å². The van der Waals surface area contributed by atoms with Gasteiger partial charge in [-0.05, 0) is 46.3 Å². The number of likely N-dealkylation sites (N-methyl/N-ethyl adjacent to an activating group) is 2. The predicted molar refractivity (Wildman–Crippen MR) is 110 cm³/mol. The monoisotopic (exact) mass is 364 g/mol. The molecule has 1 saturated carbocycles. The minimum Gasteiger partial charge on any atom is -0.355 e. The Labute approximate surface area is 160 Å². The van der Waals surface area contributed by atoms with Crippen LogP contribution in [0.25, 0.3) is 0 Å². The molecule has 2 heterocycles. The number of piperazine rings is 1. The van der Waals surface area contributed by atoms with Crippen molar-refractivity contribution in [3.8, 4) is 0 Å². The van der Waals surface area contributed by atoms with Crippen LogP contribution >= 0.6 is 0 Å². The lowest BCUT2D eigenvalue weighted by molar-refractivity contribution is 0.113. The summed E-state index contributed by atoms with van der Waals surface area (Å²) in [5.74, 6) is 0.974. The molecule has 0 bridgehead atoms. The second-order valence-corrected chi connectivity index (χ2v) is 8.62. The van der Waals surface area contributed by atoms with E-state index >= 15 is 0 Å². The molecule has 2 aliphatic heterocycles. The van der Waals surface area contributed by atoms with Crippen LogP contribution in [0.1, 0.15) is 44.9 Å². The number of piperidine rings is 1. The third-order valence-corrected chi connectivity index (χ3v) is 6.59. The van der Waals surface area contributed by atoms with Gasteiger partial charge in [0.2, 0.25) is 0 Å². The van der Waals surface area contributed by atoms with Gasteiger partial charge in [0, 0.05) is 57.9 Å². The topological polar surface area (TPSA) is 46.1 Å². The van der Waals surface area contributed by atoms with E-state index in [2.05, 4.69) is 44.4 Å². The quantitative estimate of drug-likeness (QED) is 0.580. The van der Waals surface area contributed by atoms with Crippen molar-refractivity contribution >= 4 is 5.96 Å². The Kier molecular flexibility index (Phi) is 7.58. The fourth-order valence-electron chi connectivity index (χ4n) is 4.83. The summed E-state index contributed by atoms with van der Waals surface area (Å²) < 4.78 is 0. The van der Waals surface area contributed by atoms with Gasteiger partial charge in [0.25, 0.3) is 0 Å². The first kappa shape index (κ1) is 19.9. The summed E-state index contributed by atoms with van der Waals surface area (Å²) in [5.41, 5.74) is 0. The van der Waals surface area contributed by atoms with Crippen molar-refractivity contribution in [2.75, 3.05) is 60.4 Å². The van der Waals surface area contributed by atoms with Gasteiger partial charge in [-0.3, -0.25) is 14.8 Å². The zero-order valence-corrected chi connectivity index (χ0v) is 17.2. The van der Waals surface area contributed by atoms with Crippen molar-refractivity contribution in [1.29, 1.82) is 0 Å². The molecule has 0 aromatic heterocycles. The molecule has 2 atom stereocenters. The number of hydrogen-bond acceptors (Lipinski definition) is 4. The molecule has 3 aliphatic rings. The molecule has 0 amide bonds. The minimum atomic E-state index is 0.531. The third kappa shape index (κ3) is 5.57. The Morgan fingerprint density at radius 3 is 2.54 bits per heavy atom. The van der Waals surface area contributed by atoms with Gasteiger partial charge in [0.1, 0.15) is 0 Å². The summed E-state index contributed by atoms with van der Waals surface area (Å²) in [7, 11) is 6.35. The minimum absolute atomic E-state index is 0.531. The Morgan fingerprint density at radius 2 is 1.77 bits per heavy atom. The lowest BCUT2D eigenvalue weighted by atomic mass is 9.92. The lowest BCUT2D eigenvalue weighted by Gasteiger charge is -2.41. The molecule has 150 valence electrons. The van der Waals surface area contributed by atoms with Crippen molar-refractivity contribution < 1.29 is 0 Å². The van der Waals surface area contributed by atoms with Crippen LogP contribution < -0.4 is 10.6 Å². The smallest absolute Gasteiger partial charge is 0.191 e. The fourth-order valence-corrected chi connectivity index (χ4v) is 4.83. The van der Waals surface area contributed by atoms with Crippen molar-refractivity contribution in [2.45, 2.75) is 63.1 Å². The maximum atomic E-state index is 4.49. The van der Waals surface area contributed by atoms with Crippen LogP contribution in [0.4, 0.5) is 0 Å². The number of nitrogens with zero attached hydrogens (tertiary/aromatic N) is 4. The van der Waals surface area contributed by atoms with Crippen LogP contribution in [0.15, 0.2) is 4.99 Å². The molecule has 1 aliphatic carbocycles. The van der Waals surface area contributed by atoms with Gasteiger partial charge in [-0.2, -0.15) is 0 Å². The number of likely N-dealkylation sites (tertiary alicyclic amines) is 1. The van der Waals surface area contributed by atoms with Gasteiger partial charge in [0.15, 0.2) is 5.96 Å². The van der Waals surface area contributed by atoms with E-state index in [-0.39, 0.29) is 0 Å². The highest BCUT2D eigenvalue weighted by Gasteiger charge is 2.28. The predicted octanol–water partition coefficient (Wildman–Crippen LogP) is 1.19. The first-order valence-corrected chi connectivity index (χ1v) is 10.8. The third-order valence-electron chi connectivity index (χ3n) is 6.59. The number of hydrogen-bond donors (Lipinski definition) is 2. The van der Waals surface area contributed by atoms with Crippen LogP contribution in [0.2, 0.25) is 0 Å². The SMILES string of the molecule is CN=C(NCC1CN(C)CCN1C)NC1CCCN(C2CCCCC2)C1. The highest BCUT2D eigenvalue weighted by atomic mass is 15.3. The van der Waals surface area contributed by atoms with Crippen molar-refractivity contribution in [2.24, 2.45) is 4.99 Å². The number of rotatable bonds is 4. The fraction of sp³-hybridized carbons (Fsp3) is 0.950. The van der Waals surface area contributed by atoms with Crippen LogP contribution in [-0.4, -0.2) is 99.2 Å². The second-order valence-electron chi connectivity index (χ2n) is 8.62. The lowest BCUT2D eigenvalue weighted by Crippen LogP contribution is -2.57. The first-order valence-electron chi connectivity index (χ1n) is 10.8. The van der Waals surface area contributed by atoms with Crippen molar-refractivity contribution in [3.05, 3.63) is 0 Å². The Balaban J connectivity index is 1.45. The van der Waals surface area contributed by atoms with E-state index in [0.717, 1.165) is 31.6 Å².